The molecule has 21 heavy (non-hydrogen) atoms. The van der Waals surface area contributed by atoms with Crippen molar-refractivity contribution in [2.75, 3.05) is 0 Å². The van der Waals surface area contributed by atoms with Crippen molar-refractivity contribution in [3.05, 3.63) is 18.0 Å². The fourth-order valence-corrected chi connectivity index (χ4v) is 3.58. The number of carbonyl (C=O) groups excluding carboxylic acids is 1. The van der Waals surface area contributed by atoms with Gasteiger partial charge in [0.15, 0.2) is 0 Å². The van der Waals surface area contributed by atoms with E-state index in [2.05, 4.69) is 12.2 Å². The van der Waals surface area contributed by atoms with E-state index in [1.165, 1.54) is 12.3 Å². The monoisotopic (exact) mass is 311 g/mol. The topological polar surface area (TPSA) is 94.2 Å². The Kier molecular flexibility index (Phi) is 3.57. The van der Waals surface area contributed by atoms with Crippen molar-refractivity contribution in [3.8, 4) is 0 Å². The molecule has 0 aliphatic heterocycles. The molecule has 2 aliphatic carbocycles. The van der Waals surface area contributed by atoms with Crippen LogP contribution in [0.15, 0.2) is 17.2 Å². The molecular weight excluding hydrogens is 290 g/mol. The summed E-state index contributed by atoms with van der Waals surface area (Å²) in [6.45, 7) is 2.08. The summed E-state index contributed by atoms with van der Waals surface area (Å²) < 4.78 is 24.9. The lowest BCUT2D eigenvalue weighted by Gasteiger charge is -2.15. The number of nitrogens with one attached hydrogen (secondary N) is 1. The highest BCUT2D eigenvalue weighted by atomic mass is 32.2. The molecule has 1 amide bonds. The van der Waals surface area contributed by atoms with E-state index < -0.39 is 10.0 Å². The standard InChI is InChI=1S/C14H21N3O3S/c1-9-6-12(9)16-14(18)13-7-11(21(15,19)20)8-17(13)10-4-2-3-5-10/h7-10,12H,2-6H2,1H3,(H,16,18)(H2,15,19,20). The van der Waals surface area contributed by atoms with Crippen molar-refractivity contribution in [2.45, 2.75) is 56.0 Å². The second-order valence-electron chi connectivity index (χ2n) is 6.24. The molecule has 0 saturated heterocycles. The van der Waals surface area contributed by atoms with E-state index in [1.54, 1.807) is 4.57 Å². The molecule has 0 aromatic carbocycles. The first kappa shape index (κ1) is 14.6. The van der Waals surface area contributed by atoms with Crippen LogP contribution in [0.2, 0.25) is 0 Å². The largest absolute Gasteiger partial charge is 0.348 e. The highest BCUT2D eigenvalue weighted by Crippen LogP contribution is 2.33. The molecule has 7 heteroatoms. The zero-order valence-electron chi connectivity index (χ0n) is 12.1. The minimum Gasteiger partial charge on any atom is -0.348 e. The third kappa shape index (κ3) is 2.98. The van der Waals surface area contributed by atoms with Crippen LogP contribution in [-0.2, 0) is 10.0 Å². The predicted molar refractivity (Wildman–Crippen MR) is 78.3 cm³/mol. The molecular formula is C14H21N3O3S. The number of amides is 1. The van der Waals surface area contributed by atoms with Gasteiger partial charge in [0.2, 0.25) is 10.0 Å². The average molecular weight is 311 g/mol. The molecule has 2 atom stereocenters. The normalized spacial score (nSPS) is 26.0. The van der Waals surface area contributed by atoms with Gasteiger partial charge in [0, 0.05) is 18.3 Å². The summed E-state index contributed by atoms with van der Waals surface area (Å²) in [4.78, 5) is 12.4. The second-order valence-corrected chi connectivity index (χ2v) is 7.81. The molecule has 0 bridgehead atoms. The molecule has 6 nitrogen and oxygen atoms in total. The molecule has 2 aliphatic rings. The Hall–Kier alpha value is -1.34. The summed E-state index contributed by atoms with van der Waals surface area (Å²) in [6.07, 6.45) is 6.65. The fraction of sp³-hybridized carbons (Fsp3) is 0.643. The number of aromatic nitrogens is 1. The summed E-state index contributed by atoms with van der Waals surface area (Å²) in [5.41, 5.74) is 0.407. The molecule has 0 radical (unpaired) electrons. The van der Waals surface area contributed by atoms with Crippen molar-refractivity contribution in [2.24, 2.45) is 11.1 Å². The van der Waals surface area contributed by atoms with Crippen LogP contribution in [0.1, 0.15) is 55.6 Å². The zero-order chi connectivity index (χ0) is 15.2. The van der Waals surface area contributed by atoms with Gasteiger partial charge in [0.25, 0.3) is 5.91 Å². The SMILES string of the molecule is CC1CC1NC(=O)c1cc(S(N)(=O)=O)cn1C1CCCC1. The van der Waals surface area contributed by atoms with Crippen LogP contribution in [-0.4, -0.2) is 24.9 Å². The maximum Gasteiger partial charge on any atom is 0.268 e. The highest BCUT2D eigenvalue weighted by molar-refractivity contribution is 7.89. The number of sulfonamides is 1. The molecule has 2 unspecified atom stereocenters. The second kappa shape index (κ2) is 5.14. The zero-order valence-corrected chi connectivity index (χ0v) is 12.9. The Bertz CT molecular complexity index is 659. The summed E-state index contributed by atoms with van der Waals surface area (Å²) >= 11 is 0. The van der Waals surface area contributed by atoms with Gasteiger partial charge in [-0.05, 0) is 31.2 Å². The van der Waals surface area contributed by atoms with Crippen LogP contribution in [0.25, 0.3) is 0 Å². The molecule has 116 valence electrons. The summed E-state index contributed by atoms with van der Waals surface area (Å²) in [5.74, 6) is 0.299. The Morgan fingerprint density at radius 2 is 2.00 bits per heavy atom. The quantitative estimate of drug-likeness (QED) is 0.879. The smallest absolute Gasteiger partial charge is 0.268 e. The van der Waals surface area contributed by atoms with Crippen molar-refractivity contribution in [3.63, 3.8) is 0 Å². The molecule has 2 saturated carbocycles. The maximum absolute atomic E-state index is 12.4. The first-order valence-corrected chi connectivity index (χ1v) is 8.96. The minimum atomic E-state index is -3.79. The Balaban J connectivity index is 1.92. The molecule has 3 rings (SSSR count). The van der Waals surface area contributed by atoms with Gasteiger partial charge in [0.1, 0.15) is 10.6 Å². The van der Waals surface area contributed by atoms with Gasteiger partial charge in [-0.3, -0.25) is 4.79 Å². The number of rotatable bonds is 4. The molecule has 0 spiro atoms. The van der Waals surface area contributed by atoms with Gasteiger partial charge in [0.05, 0.1) is 0 Å². The lowest BCUT2D eigenvalue weighted by Crippen LogP contribution is -2.29. The average Bonchev–Trinajstić information content (AvgIpc) is 2.92. The van der Waals surface area contributed by atoms with Crippen LogP contribution >= 0.6 is 0 Å². The molecule has 3 N–H and O–H groups in total. The lowest BCUT2D eigenvalue weighted by atomic mass is 10.2. The summed E-state index contributed by atoms with van der Waals surface area (Å²) in [5, 5.41) is 8.15. The minimum absolute atomic E-state index is 0.0170. The summed E-state index contributed by atoms with van der Waals surface area (Å²) in [6, 6.07) is 1.80. The Morgan fingerprint density at radius 1 is 1.38 bits per heavy atom. The van der Waals surface area contributed by atoms with Gasteiger partial charge >= 0.3 is 0 Å². The van der Waals surface area contributed by atoms with E-state index in [0.29, 0.717) is 11.6 Å². The Morgan fingerprint density at radius 3 is 2.52 bits per heavy atom. The van der Waals surface area contributed by atoms with Crippen LogP contribution in [0.3, 0.4) is 0 Å². The highest BCUT2D eigenvalue weighted by Gasteiger charge is 2.35. The van der Waals surface area contributed by atoms with Crippen LogP contribution in [0.5, 0.6) is 0 Å². The van der Waals surface area contributed by atoms with Crippen LogP contribution in [0.4, 0.5) is 0 Å². The first-order chi connectivity index (χ1) is 9.86. The number of hydrogen-bond acceptors (Lipinski definition) is 3. The third-order valence-electron chi connectivity index (χ3n) is 4.53. The van der Waals surface area contributed by atoms with Crippen molar-refractivity contribution < 1.29 is 13.2 Å². The number of primary sulfonamides is 1. The number of nitrogens with zero attached hydrogens (tertiary/aromatic N) is 1. The fourth-order valence-electron chi connectivity index (χ4n) is 3.04. The third-order valence-corrected chi connectivity index (χ3v) is 5.41. The van der Waals surface area contributed by atoms with E-state index in [1.807, 2.05) is 0 Å². The van der Waals surface area contributed by atoms with Crippen molar-refractivity contribution in [1.82, 2.24) is 9.88 Å². The lowest BCUT2D eigenvalue weighted by molar-refractivity contribution is 0.0938. The maximum atomic E-state index is 12.4. The number of hydrogen-bond donors (Lipinski definition) is 2. The van der Waals surface area contributed by atoms with Gasteiger partial charge in [-0.1, -0.05) is 19.8 Å². The van der Waals surface area contributed by atoms with E-state index >= 15 is 0 Å². The number of nitrogens with two attached hydrogens (primary N) is 1. The van der Waals surface area contributed by atoms with Gasteiger partial charge in [-0.15, -0.1) is 0 Å². The molecule has 1 aromatic rings. The van der Waals surface area contributed by atoms with Crippen molar-refractivity contribution in [1.29, 1.82) is 0 Å². The van der Waals surface area contributed by atoms with Gasteiger partial charge in [-0.2, -0.15) is 0 Å². The van der Waals surface area contributed by atoms with Crippen LogP contribution < -0.4 is 10.5 Å². The van der Waals surface area contributed by atoms with Gasteiger partial charge in [-0.25, -0.2) is 13.6 Å². The van der Waals surface area contributed by atoms with Crippen LogP contribution in [0, 0.1) is 5.92 Å². The van der Waals surface area contributed by atoms with Crippen molar-refractivity contribution >= 4 is 15.9 Å². The number of carbonyl (C=O) groups is 1. The molecule has 1 aromatic heterocycles. The Labute approximate surface area is 124 Å². The molecule has 2 fully saturated rings. The van der Waals surface area contributed by atoms with Gasteiger partial charge < -0.3 is 9.88 Å². The summed E-state index contributed by atoms with van der Waals surface area (Å²) in [7, 11) is -3.79. The predicted octanol–water partition coefficient (Wildman–Crippen LogP) is 1.39. The van der Waals surface area contributed by atoms with E-state index in [9.17, 15) is 13.2 Å². The molecule has 1 heterocycles. The first-order valence-electron chi connectivity index (χ1n) is 7.42. The van der Waals surface area contributed by atoms with E-state index in [4.69, 9.17) is 5.14 Å². The van der Waals surface area contributed by atoms with E-state index in [-0.39, 0.29) is 22.9 Å². The van der Waals surface area contributed by atoms with E-state index in [0.717, 1.165) is 32.1 Å².